The van der Waals surface area contributed by atoms with Crippen LogP contribution in [0.3, 0.4) is 0 Å². The fraction of sp³-hybridized carbons (Fsp3) is 0.467. The van der Waals surface area contributed by atoms with Gasteiger partial charge in [-0.3, -0.25) is 9.59 Å². The zero-order chi connectivity index (χ0) is 13.9. The van der Waals surface area contributed by atoms with Gasteiger partial charge in [0, 0.05) is 19.1 Å². The van der Waals surface area contributed by atoms with Crippen molar-refractivity contribution in [3.05, 3.63) is 24.3 Å². The second kappa shape index (κ2) is 5.53. The van der Waals surface area contributed by atoms with Crippen LogP contribution in [0.1, 0.15) is 25.7 Å². The van der Waals surface area contributed by atoms with Crippen molar-refractivity contribution in [3.63, 3.8) is 0 Å². The van der Waals surface area contributed by atoms with Crippen molar-refractivity contribution in [2.75, 3.05) is 23.3 Å². The highest BCUT2D eigenvalue weighted by molar-refractivity contribution is 6.40. The number of amides is 2. The number of carbonyl (C=O) groups excluding carboxylic acids is 2. The number of para-hydroxylation sites is 2. The van der Waals surface area contributed by atoms with Crippen molar-refractivity contribution in [1.82, 2.24) is 5.32 Å². The van der Waals surface area contributed by atoms with Gasteiger partial charge in [-0.25, -0.2) is 0 Å². The Balaban J connectivity index is 1.69. The maximum atomic E-state index is 11.9. The number of carbonyl (C=O) groups is 2. The molecule has 0 atom stereocenters. The average Bonchev–Trinajstić information content (AvgIpc) is 3.10. The lowest BCUT2D eigenvalue weighted by Gasteiger charge is -2.21. The molecule has 0 bridgehead atoms. The minimum atomic E-state index is -0.580. The van der Waals surface area contributed by atoms with Crippen LogP contribution in [0.4, 0.5) is 11.4 Å². The third-order valence-electron chi connectivity index (χ3n) is 3.72. The predicted octanol–water partition coefficient (Wildman–Crippen LogP) is 1.50. The van der Waals surface area contributed by atoms with Crippen LogP contribution < -0.4 is 15.5 Å². The van der Waals surface area contributed by atoms with Gasteiger partial charge in [0.1, 0.15) is 0 Å². The molecule has 5 heteroatoms. The Bertz CT molecular complexity index is 520. The summed E-state index contributed by atoms with van der Waals surface area (Å²) < 4.78 is 0. The molecule has 0 radical (unpaired) electrons. The highest BCUT2D eigenvalue weighted by atomic mass is 16.2. The Hall–Kier alpha value is -2.04. The van der Waals surface area contributed by atoms with Crippen LogP contribution in [0, 0.1) is 0 Å². The van der Waals surface area contributed by atoms with E-state index in [-0.39, 0.29) is 6.04 Å². The van der Waals surface area contributed by atoms with Crippen molar-refractivity contribution >= 4 is 23.2 Å². The van der Waals surface area contributed by atoms with Gasteiger partial charge in [0.25, 0.3) is 0 Å². The Labute approximate surface area is 118 Å². The predicted molar refractivity (Wildman–Crippen MR) is 77.7 cm³/mol. The highest BCUT2D eigenvalue weighted by Crippen LogP contribution is 2.28. The molecule has 106 valence electrons. The van der Waals surface area contributed by atoms with Crippen molar-refractivity contribution in [2.45, 2.75) is 31.7 Å². The summed E-state index contributed by atoms with van der Waals surface area (Å²) in [4.78, 5) is 25.8. The average molecular weight is 273 g/mol. The lowest BCUT2D eigenvalue weighted by molar-refractivity contribution is -0.136. The molecule has 0 spiro atoms. The number of anilines is 2. The van der Waals surface area contributed by atoms with Gasteiger partial charge in [-0.05, 0) is 37.8 Å². The van der Waals surface area contributed by atoms with E-state index in [0.717, 1.165) is 31.6 Å². The SMILES string of the molecule is O=C(Nc1ccccc1N1CCCC1)C(=O)NC1CC1. The quantitative estimate of drug-likeness (QED) is 0.821. The summed E-state index contributed by atoms with van der Waals surface area (Å²) in [5.74, 6) is -1.12. The molecule has 2 amide bonds. The van der Waals surface area contributed by atoms with Crippen LogP contribution in [0.5, 0.6) is 0 Å². The van der Waals surface area contributed by atoms with E-state index in [1.165, 1.54) is 12.8 Å². The summed E-state index contributed by atoms with van der Waals surface area (Å²) in [6.07, 6.45) is 4.29. The standard InChI is InChI=1S/C15H19N3O2/c19-14(16-11-7-8-11)15(20)17-12-5-1-2-6-13(12)18-9-3-4-10-18/h1-2,5-6,11H,3-4,7-10H2,(H,16,19)(H,17,20). The summed E-state index contributed by atoms with van der Waals surface area (Å²) >= 11 is 0. The van der Waals surface area contributed by atoms with Gasteiger partial charge in [-0.1, -0.05) is 12.1 Å². The van der Waals surface area contributed by atoms with Crippen LogP contribution in [-0.2, 0) is 9.59 Å². The van der Waals surface area contributed by atoms with Crippen LogP contribution >= 0.6 is 0 Å². The van der Waals surface area contributed by atoms with Gasteiger partial charge in [-0.15, -0.1) is 0 Å². The molecule has 0 aromatic heterocycles. The lowest BCUT2D eigenvalue weighted by Crippen LogP contribution is -2.37. The Kier molecular flexibility index (Phi) is 3.58. The van der Waals surface area contributed by atoms with E-state index in [2.05, 4.69) is 15.5 Å². The summed E-state index contributed by atoms with van der Waals surface area (Å²) in [7, 11) is 0. The van der Waals surface area contributed by atoms with E-state index in [1.54, 1.807) is 0 Å². The Morgan fingerprint density at radius 1 is 1.05 bits per heavy atom. The van der Waals surface area contributed by atoms with Crippen LogP contribution in [-0.4, -0.2) is 30.9 Å². The largest absolute Gasteiger partial charge is 0.370 e. The van der Waals surface area contributed by atoms with Crippen molar-refractivity contribution in [2.24, 2.45) is 0 Å². The van der Waals surface area contributed by atoms with Crippen LogP contribution in [0.25, 0.3) is 0 Å². The van der Waals surface area contributed by atoms with E-state index < -0.39 is 11.8 Å². The first-order valence-electron chi connectivity index (χ1n) is 7.20. The second-order valence-corrected chi connectivity index (χ2v) is 5.41. The summed E-state index contributed by atoms with van der Waals surface area (Å²) in [6.45, 7) is 2.00. The molecule has 1 aromatic rings. The minimum absolute atomic E-state index is 0.196. The molecule has 0 unspecified atom stereocenters. The number of hydrogen-bond donors (Lipinski definition) is 2. The molecule has 1 aliphatic heterocycles. The Morgan fingerprint density at radius 2 is 1.75 bits per heavy atom. The first-order valence-corrected chi connectivity index (χ1v) is 7.20. The number of hydrogen-bond acceptors (Lipinski definition) is 3. The molecular weight excluding hydrogens is 254 g/mol. The van der Waals surface area contributed by atoms with Gasteiger partial charge in [0.15, 0.2) is 0 Å². The summed E-state index contributed by atoms with van der Waals surface area (Å²) in [6, 6.07) is 7.85. The molecule has 2 aliphatic rings. The van der Waals surface area contributed by atoms with Crippen LogP contribution in [0.15, 0.2) is 24.3 Å². The van der Waals surface area contributed by atoms with Crippen molar-refractivity contribution in [3.8, 4) is 0 Å². The molecule has 20 heavy (non-hydrogen) atoms. The normalized spacial score (nSPS) is 17.9. The van der Waals surface area contributed by atoms with Crippen LogP contribution in [0.2, 0.25) is 0 Å². The molecule has 1 heterocycles. The van der Waals surface area contributed by atoms with E-state index >= 15 is 0 Å². The number of nitrogens with one attached hydrogen (secondary N) is 2. The van der Waals surface area contributed by atoms with Crippen molar-refractivity contribution < 1.29 is 9.59 Å². The number of rotatable bonds is 3. The summed E-state index contributed by atoms with van der Waals surface area (Å²) in [5.41, 5.74) is 1.71. The monoisotopic (exact) mass is 273 g/mol. The molecule has 1 saturated heterocycles. The molecule has 1 aliphatic carbocycles. The fourth-order valence-corrected chi connectivity index (χ4v) is 2.47. The highest BCUT2D eigenvalue weighted by Gasteiger charge is 2.27. The molecule has 1 aromatic carbocycles. The zero-order valence-corrected chi connectivity index (χ0v) is 11.4. The maximum absolute atomic E-state index is 11.9. The molecule has 1 saturated carbocycles. The van der Waals surface area contributed by atoms with E-state index in [0.29, 0.717) is 5.69 Å². The topological polar surface area (TPSA) is 61.4 Å². The first kappa shape index (κ1) is 13.0. The molecule has 3 rings (SSSR count). The number of nitrogens with zero attached hydrogens (tertiary/aromatic N) is 1. The smallest absolute Gasteiger partial charge is 0.313 e. The molecule has 2 N–H and O–H groups in total. The first-order chi connectivity index (χ1) is 9.74. The van der Waals surface area contributed by atoms with Gasteiger partial charge < -0.3 is 15.5 Å². The second-order valence-electron chi connectivity index (χ2n) is 5.41. The third kappa shape index (κ3) is 2.92. The minimum Gasteiger partial charge on any atom is -0.370 e. The van der Waals surface area contributed by atoms with E-state index in [4.69, 9.17) is 0 Å². The molecule has 5 nitrogen and oxygen atoms in total. The third-order valence-corrected chi connectivity index (χ3v) is 3.72. The molecule has 2 fully saturated rings. The van der Waals surface area contributed by atoms with E-state index in [1.807, 2.05) is 24.3 Å². The van der Waals surface area contributed by atoms with Gasteiger partial charge in [-0.2, -0.15) is 0 Å². The van der Waals surface area contributed by atoms with Gasteiger partial charge in [0.2, 0.25) is 0 Å². The van der Waals surface area contributed by atoms with E-state index in [9.17, 15) is 9.59 Å². The van der Waals surface area contributed by atoms with Gasteiger partial charge in [0.05, 0.1) is 11.4 Å². The molecular formula is C15H19N3O2. The Morgan fingerprint density at radius 3 is 2.45 bits per heavy atom. The maximum Gasteiger partial charge on any atom is 0.313 e. The van der Waals surface area contributed by atoms with Gasteiger partial charge >= 0.3 is 11.8 Å². The lowest BCUT2D eigenvalue weighted by atomic mass is 10.2. The van der Waals surface area contributed by atoms with Crippen molar-refractivity contribution in [1.29, 1.82) is 0 Å². The fourth-order valence-electron chi connectivity index (χ4n) is 2.47. The summed E-state index contributed by atoms with van der Waals surface area (Å²) in [5, 5.41) is 5.43. The number of benzene rings is 1. The zero-order valence-electron chi connectivity index (χ0n) is 11.4.